The molecule has 2 heterocycles. The number of likely N-dealkylation sites (tertiary alicyclic amines) is 1. The number of hydrogen-bond donors (Lipinski definition) is 0. The number of piperidine rings is 1. The maximum absolute atomic E-state index is 13.5. The number of benzene rings is 2. The fraction of sp³-hybridized carbons (Fsp3) is 0.536. The molecule has 2 aliphatic carbocycles. The number of carbonyl (C=O) groups is 1. The van der Waals surface area contributed by atoms with E-state index in [1.165, 1.54) is 16.7 Å². The van der Waals surface area contributed by atoms with Crippen molar-refractivity contribution < 1.29 is 19.0 Å². The summed E-state index contributed by atoms with van der Waals surface area (Å²) in [5, 5.41) is 0. The van der Waals surface area contributed by atoms with Gasteiger partial charge in [-0.2, -0.15) is 0 Å². The first-order valence-electron chi connectivity index (χ1n) is 12.3. The van der Waals surface area contributed by atoms with Crippen LogP contribution >= 0.6 is 0 Å². The lowest BCUT2D eigenvalue weighted by atomic mass is 9.45. The summed E-state index contributed by atoms with van der Waals surface area (Å²) in [4.78, 5) is 16.0. The second-order valence-electron chi connectivity index (χ2n) is 10.4. The highest BCUT2D eigenvalue weighted by Crippen LogP contribution is 2.69. The van der Waals surface area contributed by atoms with Gasteiger partial charge in [-0.1, -0.05) is 36.4 Å². The minimum Gasteiger partial charge on any atom is -0.493 e. The van der Waals surface area contributed by atoms with Gasteiger partial charge in [0.2, 0.25) is 0 Å². The van der Waals surface area contributed by atoms with E-state index in [9.17, 15) is 4.79 Å². The molecule has 5 heteroatoms. The Hall–Kier alpha value is -2.37. The summed E-state index contributed by atoms with van der Waals surface area (Å²) in [5.41, 5.74) is 1.97. The average Bonchev–Trinajstić information content (AvgIpc) is 3.11. The molecule has 4 aliphatic rings. The van der Waals surface area contributed by atoms with E-state index in [0.717, 1.165) is 50.1 Å². The van der Waals surface area contributed by atoms with Crippen molar-refractivity contribution in [2.45, 2.75) is 68.1 Å². The average molecular weight is 448 g/mol. The smallest absolute Gasteiger partial charge is 0.177 e. The highest BCUT2D eigenvalue weighted by atomic mass is 16.5. The molecule has 33 heavy (non-hydrogen) atoms. The first-order valence-corrected chi connectivity index (χ1v) is 12.3. The van der Waals surface area contributed by atoms with Crippen LogP contribution in [0, 0.1) is 0 Å². The number of rotatable bonds is 6. The van der Waals surface area contributed by atoms with Gasteiger partial charge in [0.15, 0.2) is 22.9 Å². The number of ketones is 1. The molecule has 0 N–H and O–H groups in total. The molecule has 1 spiro atoms. The Morgan fingerprint density at radius 2 is 1.97 bits per heavy atom. The number of Topliss-reactive ketones (excluding diaryl/α,β-unsaturated/α-hetero) is 1. The van der Waals surface area contributed by atoms with E-state index in [1.807, 2.05) is 13.0 Å². The zero-order valence-electron chi connectivity index (χ0n) is 19.9. The fourth-order valence-electron chi connectivity index (χ4n) is 7.57. The van der Waals surface area contributed by atoms with Crippen molar-refractivity contribution in [1.29, 1.82) is 0 Å². The van der Waals surface area contributed by atoms with Crippen molar-refractivity contribution in [3.8, 4) is 11.5 Å². The van der Waals surface area contributed by atoms with Gasteiger partial charge in [0.05, 0.1) is 18.1 Å². The molecule has 1 saturated carbocycles. The number of ether oxygens (including phenoxy) is 3. The number of methoxy groups -OCH3 is 1. The molecule has 0 radical (unpaired) electrons. The molecular formula is C28H33NO4. The lowest BCUT2D eigenvalue weighted by Crippen LogP contribution is -2.80. The molecule has 4 atom stereocenters. The normalized spacial score (nSPS) is 34.0. The predicted octanol–water partition coefficient (Wildman–Crippen LogP) is 4.10. The van der Waals surface area contributed by atoms with E-state index in [4.69, 9.17) is 14.2 Å². The summed E-state index contributed by atoms with van der Waals surface area (Å²) in [6.45, 7) is 3.63. The van der Waals surface area contributed by atoms with Crippen molar-refractivity contribution >= 4 is 5.78 Å². The van der Waals surface area contributed by atoms with Crippen LogP contribution in [0.5, 0.6) is 11.5 Å². The Morgan fingerprint density at radius 3 is 2.76 bits per heavy atom. The zero-order chi connectivity index (χ0) is 22.8. The second kappa shape index (κ2) is 7.31. The lowest BCUT2D eigenvalue weighted by Gasteiger charge is -2.66. The number of hydrogen-bond acceptors (Lipinski definition) is 5. The van der Waals surface area contributed by atoms with Crippen molar-refractivity contribution in [3.63, 3.8) is 0 Å². The summed E-state index contributed by atoms with van der Waals surface area (Å²) >= 11 is 0. The van der Waals surface area contributed by atoms with Crippen LogP contribution in [0.3, 0.4) is 0 Å². The van der Waals surface area contributed by atoms with E-state index in [1.54, 1.807) is 7.11 Å². The van der Waals surface area contributed by atoms with Gasteiger partial charge in [-0.25, -0.2) is 0 Å². The summed E-state index contributed by atoms with van der Waals surface area (Å²) in [7, 11) is 3.89. The van der Waals surface area contributed by atoms with E-state index in [2.05, 4.69) is 48.3 Å². The number of likely N-dealkylation sites (N-methyl/N-ethyl adjacent to an activating group) is 1. The van der Waals surface area contributed by atoms with Crippen LogP contribution in [0.4, 0.5) is 0 Å². The Bertz CT molecular complexity index is 1100. The molecule has 1 saturated heterocycles. The lowest BCUT2D eigenvalue weighted by molar-refractivity contribution is -0.228. The molecule has 1 unspecified atom stereocenters. The van der Waals surface area contributed by atoms with Gasteiger partial charge in [-0.05, 0) is 69.8 Å². The van der Waals surface area contributed by atoms with Crippen molar-refractivity contribution in [1.82, 2.24) is 4.90 Å². The number of carbonyl (C=O) groups excluding carboxylic acids is 1. The molecule has 5 nitrogen and oxygen atoms in total. The molecule has 0 aromatic heterocycles. The maximum atomic E-state index is 13.5. The first-order chi connectivity index (χ1) is 16.0. The van der Waals surface area contributed by atoms with Gasteiger partial charge >= 0.3 is 0 Å². The van der Waals surface area contributed by atoms with Crippen molar-refractivity contribution in [3.05, 3.63) is 59.2 Å². The Kier molecular flexibility index (Phi) is 4.69. The highest BCUT2D eigenvalue weighted by Gasteiger charge is 2.78. The summed E-state index contributed by atoms with van der Waals surface area (Å²) in [6.07, 6.45) is 4.97. The first kappa shape index (κ1) is 21.2. The molecule has 2 fully saturated rings. The van der Waals surface area contributed by atoms with Gasteiger partial charge in [0.25, 0.3) is 0 Å². The van der Waals surface area contributed by atoms with Crippen LogP contribution in [0.2, 0.25) is 0 Å². The molecule has 2 aromatic carbocycles. The van der Waals surface area contributed by atoms with Gasteiger partial charge < -0.3 is 19.1 Å². The third-order valence-electron chi connectivity index (χ3n) is 9.09. The molecule has 0 amide bonds. The maximum Gasteiger partial charge on any atom is 0.177 e. The number of aryl methyl sites for hydroxylation is 1. The molecular weight excluding hydrogens is 414 g/mol. The minimum atomic E-state index is -0.920. The highest BCUT2D eigenvalue weighted by molar-refractivity contribution is 5.94. The van der Waals surface area contributed by atoms with Crippen LogP contribution in [0.25, 0.3) is 0 Å². The quantitative estimate of drug-likeness (QED) is 0.624. The van der Waals surface area contributed by atoms with Crippen LogP contribution in [-0.2, 0) is 27.8 Å². The van der Waals surface area contributed by atoms with Gasteiger partial charge in [0, 0.05) is 24.6 Å². The second-order valence-corrected chi connectivity index (χ2v) is 10.4. The number of nitrogens with zero attached hydrogens (tertiary/aromatic N) is 1. The third-order valence-corrected chi connectivity index (χ3v) is 9.09. The summed E-state index contributed by atoms with van der Waals surface area (Å²) in [6, 6.07) is 15.0. The molecule has 2 aromatic rings. The minimum absolute atomic E-state index is 0.195. The fourth-order valence-corrected chi connectivity index (χ4v) is 7.57. The Morgan fingerprint density at radius 1 is 1.15 bits per heavy atom. The molecule has 2 aliphatic heterocycles. The zero-order valence-corrected chi connectivity index (χ0v) is 19.9. The van der Waals surface area contributed by atoms with E-state index >= 15 is 0 Å². The van der Waals surface area contributed by atoms with Crippen LogP contribution < -0.4 is 9.47 Å². The van der Waals surface area contributed by atoms with Gasteiger partial charge in [0.1, 0.15) is 0 Å². The van der Waals surface area contributed by atoms with Crippen molar-refractivity contribution in [2.24, 2.45) is 0 Å². The van der Waals surface area contributed by atoms with Crippen LogP contribution in [0.15, 0.2) is 42.5 Å². The Balaban J connectivity index is 1.44. The Labute approximate surface area is 196 Å². The molecule has 6 rings (SSSR count). The van der Waals surface area contributed by atoms with Crippen LogP contribution in [-0.4, -0.2) is 55.2 Å². The standard InChI is InChI=1S/C28H33NO4/c1-26-23(30)13-14-28(32-17-7-10-19-8-5-4-6-9-19)22-18-20-11-12-21(31-3)25(33-26)24(20)27(26,28)15-16-29(22)2/h4-6,8-9,11-12,22H,7,10,13-18H2,1-3H3/t22-,26?,27+,28-/m1/s1. The summed E-state index contributed by atoms with van der Waals surface area (Å²) in [5.74, 6) is 1.69. The van der Waals surface area contributed by atoms with Crippen molar-refractivity contribution in [2.75, 3.05) is 27.3 Å². The monoisotopic (exact) mass is 447 g/mol. The van der Waals surface area contributed by atoms with Crippen LogP contribution in [0.1, 0.15) is 49.3 Å². The largest absolute Gasteiger partial charge is 0.493 e. The van der Waals surface area contributed by atoms with Gasteiger partial charge in [-0.3, -0.25) is 4.79 Å². The molecule has 174 valence electrons. The topological polar surface area (TPSA) is 48.0 Å². The van der Waals surface area contributed by atoms with E-state index < -0.39 is 16.6 Å². The summed E-state index contributed by atoms with van der Waals surface area (Å²) < 4.78 is 19.4. The molecule has 2 bridgehead atoms. The van der Waals surface area contributed by atoms with E-state index in [-0.39, 0.29) is 11.8 Å². The van der Waals surface area contributed by atoms with E-state index in [0.29, 0.717) is 13.0 Å². The van der Waals surface area contributed by atoms with Gasteiger partial charge in [-0.15, -0.1) is 0 Å². The predicted molar refractivity (Wildman–Crippen MR) is 126 cm³/mol. The SMILES string of the molecule is COc1ccc2c3c1OC1(C)C(=O)CC[C@@]4(OCCCc5ccccc5)[C@@H](C2)N(C)CC[C@]314. The third kappa shape index (κ3) is 2.58.